The van der Waals surface area contributed by atoms with Gasteiger partial charge in [-0.05, 0) is 71.0 Å². The van der Waals surface area contributed by atoms with E-state index in [0.29, 0.717) is 6.61 Å². The fraction of sp³-hybridized carbons (Fsp3) is 0.200. The summed E-state index contributed by atoms with van der Waals surface area (Å²) < 4.78 is 12.2. The van der Waals surface area contributed by atoms with Crippen LogP contribution in [0.4, 0.5) is 0 Å². The zero-order chi connectivity index (χ0) is 13.0. The largest absolute Gasteiger partial charge is 0.497 e. The molecule has 0 fully saturated rings. The molecule has 94 valence electrons. The first-order valence-electron chi connectivity index (χ1n) is 5.71. The van der Waals surface area contributed by atoms with Crippen molar-refractivity contribution in [3.8, 4) is 11.5 Å². The van der Waals surface area contributed by atoms with Crippen molar-refractivity contribution in [1.29, 1.82) is 0 Å². The highest BCUT2D eigenvalue weighted by Crippen LogP contribution is 2.21. The van der Waals surface area contributed by atoms with Gasteiger partial charge in [-0.3, -0.25) is 0 Å². The Balaban J connectivity index is 2.02. The number of ether oxygens (including phenoxy) is 2. The predicted molar refractivity (Wildman–Crippen MR) is 81.2 cm³/mol. The molecule has 0 aromatic heterocycles. The van der Waals surface area contributed by atoms with Crippen LogP contribution in [0.5, 0.6) is 11.5 Å². The van der Waals surface area contributed by atoms with Crippen molar-refractivity contribution in [2.24, 2.45) is 0 Å². The zero-order valence-corrected chi connectivity index (χ0v) is 12.6. The van der Waals surface area contributed by atoms with Crippen LogP contribution >= 0.6 is 22.6 Å². The van der Waals surface area contributed by atoms with Crippen LogP contribution in [0.1, 0.15) is 11.1 Å². The van der Waals surface area contributed by atoms with Crippen LogP contribution in [0.15, 0.2) is 42.5 Å². The Kier molecular flexibility index (Phi) is 4.47. The van der Waals surface area contributed by atoms with Gasteiger partial charge in [-0.25, -0.2) is 0 Å². The quantitative estimate of drug-likeness (QED) is 0.767. The van der Waals surface area contributed by atoms with Gasteiger partial charge in [0.25, 0.3) is 0 Å². The van der Waals surface area contributed by atoms with Gasteiger partial charge in [0.2, 0.25) is 0 Å². The van der Waals surface area contributed by atoms with Crippen molar-refractivity contribution in [2.45, 2.75) is 13.5 Å². The molecule has 2 nitrogen and oxygen atoms in total. The van der Waals surface area contributed by atoms with Crippen LogP contribution in [0.25, 0.3) is 0 Å². The molecule has 2 aromatic rings. The highest BCUT2D eigenvalue weighted by Gasteiger charge is 2.01. The minimum atomic E-state index is 0.575. The van der Waals surface area contributed by atoms with Crippen LogP contribution in [0.2, 0.25) is 0 Å². The van der Waals surface area contributed by atoms with E-state index in [2.05, 4.69) is 41.6 Å². The van der Waals surface area contributed by atoms with E-state index in [1.54, 1.807) is 7.11 Å². The second-order valence-electron chi connectivity index (χ2n) is 4.05. The third-order valence-electron chi connectivity index (χ3n) is 2.69. The van der Waals surface area contributed by atoms with Crippen molar-refractivity contribution >= 4 is 22.6 Å². The molecule has 0 bridgehead atoms. The summed E-state index contributed by atoms with van der Waals surface area (Å²) in [6.45, 7) is 2.64. The average molecular weight is 354 g/mol. The highest BCUT2D eigenvalue weighted by molar-refractivity contribution is 14.1. The molecule has 0 aliphatic heterocycles. The van der Waals surface area contributed by atoms with Gasteiger partial charge in [-0.15, -0.1) is 0 Å². The molecule has 0 aliphatic carbocycles. The molecule has 0 heterocycles. The Morgan fingerprint density at radius 1 is 1.06 bits per heavy atom. The maximum atomic E-state index is 5.81. The Bertz CT molecular complexity index is 521. The standard InChI is InChI=1S/C15H15IO2/c1-11-9-13(16)5-8-15(11)18-10-12-3-6-14(17-2)7-4-12/h3-9H,10H2,1-2H3. The van der Waals surface area contributed by atoms with E-state index in [0.717, 1.165) is 22.6 Å². The molecule has 0 N–H and O–H groups in total. The van der Waals surface area contributed by atoms with Crippen molar-refractivity contribution in [2.75, 3.05) is 7.11 Å². The second-order valence-corrected chi connectivity index (χ2v) is 5.29. The second kappa shape index (κ2) is 6.09. The molecule has 2 rings (SSSR count). The van der Waals surface area contributed by atoms with Crippen LogP contribution in [0.3, 0.4) is 0 Å². The zero-order valence-electron chi connectivity index (χ0n) is 10.4. The van der Waals surface area contributed by atoms with E-state index in [1.807, 2.05) is 30.3 Å². The summed E-state index contributed by atoms with van der Waals surface area (Å²) >= 11 is 2.30. The van der Waals surface area contributed by atoms with Crippen molar-refractivity contribution in [3.05, 3.63) is 57.2 Å². The summed E-state index contributed by atoms with van der Waals surface area (Å²) in [4.78, 5) is 0. The van der Waals surface area contributed by atoms with Crippen molar-refractivity contribution in [1.82, 2.24) is 0 Å². The van der Waals surface area contributed by atoms with E-state index < -0.39 is 0 Å². The predicted octanol–water partition coefficient (Wildman–Crippen LogP) is 4.19. The molecule has 0 spiro atoms. The maximum absolute atomic E-state index is 5.81. The van der Waals surface area contributed by atoms with Gasteiger partial charge in [0.15, 0.2) is 0 Å². The topological polar surface area (TPSA) is 18.5 Å². The molecule has 0 saturated carbocycles. The molecule has 2 aromatic carbocycles. The van der Waals surface area contributed by atoms with E-state index >= 15 is 0 Å². The highest BCUT2D eigenvalue weighted by atomic mass is 127. The number of hydrogen-bond donors (Lipinski definition) is 0. The van der Waals surface area contributed by atoms with Gasteiger partial charge >= 0.3 is 0 Å². The van der Waals surface area contributed by atoms with Gasteiger partial charge in [0.05, 0.1) is 7.11 Å². The SMILES string of the molecule is COc1ccc(COc2ccc(I)cc2C)cc1. The van der Waals surface area contributed by atoms with Crippen LogP contribution in [0, 0.1) is 10.5 Å². The van der Waals surface area contributed by atoms with Crippen LogP contribution in [-0.4, -0.2) is 7.11 Å². The summed E-state index contributed by atoms with van der Waals surface area (Å²) in [6, 6.07) is 14.1. The van der Waals surface area contributed by atoms with E-state index in [-0.39, 0.29) is 0 Å². The Hall–Kier alpha value is -1.23. The van der Waals surface area contributed by atoms with E-state index in [9.17, 15) is 0 Å². The van der Waals surface area contributed by atoms with Gasteiger partial charge in [0, 0.05) is 3.57 Å². The first kappa shape index (κ1) is 13.2. The normalized spacial score (nSPS) is 10.2. The maximum Gasteiger partial charge on any atom is 0.122 e. The Morgan fingerprint density at radius 2 is 1.78 bits per heavy atom. The van der Waals surface area contributed by atoms with E-state index in [1.165, 1.54) is 3.57 Å². The molecule has 0 amide bonds. The van der Waals surface area contributed by atoms with E-state index in [4.69, 9.17) is 9.47 Å². The lowest BCUT2D eigenvalue weighted by Gasteiger charge is -2.09. The molecule has 0 unspecified atom stereocenters. The lowest BCUT2D eigenvalue weighted by atomic mass is 10.2. The molecule has 0 saturated heterocycles. The number of methoxy groups -OCH3 is 1. The number of benzene rings is 2. The molecule has 3 heteroatoms. The summed E-state index contributed by atoms with van der Waals surface area (Å²) in [6.07, 6.45) is 0. The van der Waals surface area contributed by atoms with Crippen LogP contribution < -0.4 is 9.47 Å². The lowest BCUT2D eigenvalue weighted by Crippen LogP contribution is -1.97. The summed E-state index contributed by atoms with van der Waals surface area (Å²) in [5.74, 6) is 1.80. The Morgan fingerprint density at radius 3 is 2.39 bits per heavy atom. The minimum Gasteiger partial charge on any atom is -0.497 e. The monoisotopic (exact) mass is 354 g/mol. The first-order valence-corrected chi connectivity index (χ1v) is 6.79. The average Bonchev–Trinajstić information content (AvgIpc) is 2.38. The fourth-order valence-corrected chi connectivity index (χ4v) is 2.30. The summed E-state index contributed by atoms with van der Waals surface area (Å²) in [7, 11) is 1.67. The Labute approximate surface area is 121 Å². The number of halogens is 1. The molecular weight excluding hydrogens is 339 g/mol. The van der Waals surface area contributed by atoms with Crippen molar-refractivity contribution < 1.29 is 9.47 Å². The summed E-state index contributed by atoms with van der Waals surface area (Å²) in [5.41, 5.74) is 2.30. The van der Waals surface area contributed by atoms with Gasteiger partial charge in [-0.1, -0.05) is 12.1 Å². The van der Waals surface area contributed by atoms with Crippen molar-refractivity contribution in [3.63, 3.8) is 0 Å². The minimum absolute atomic E-state index is 0.575. The molecule has 0 radical (unpaired) electrons. The molecular formula is C15H15IO2. The fourth-order valence-electron chi connectivity index (χ4n) is 1.66. The molecule has 0 atom stereocenters. The smallest absolute Gasteiger partial charge is 0.122 e. The molecule has 18 heavy (non-hydrogen) atoms. The van der Waals surface area contributed by atoms with Gasteiger partial charge < -0.3 is 9.47 Å². The number of hydrogen-bond acceptors (Lipinski definition) is 2. The molecule has 0 aliphatic rings. The lowest BCUT2D eigenvalue weighted by molar-refractivity contribution is 0.304. The third-order valence-corrected chi connectivity index (χ3v) is 3.36. The van der Waals surface area contributed by atoms with Crippen LogP contribution in [-0.2, 0) is 6.61 Å². The number of rotatable bonds is 4. The number of aryl methyl sites for hydroxylation is 1. The van der Waals surface area contributed by atoms with Gasteiger partial charge in [-0.2, -0.15) is 0 Å². The third kappa shape index (κ3) is 3.38. The van der Waals surface area contributed by atoms with Gasteiger partial charge in [0.1, 0.15) is 18.1 Å². The first-order chi connectivity index (χ1) is 8.69. The summed E-state index contributed by atoms with van der Waals surface area (Å²) in [5, 5.41) is 0.